The van der Waals surface area contributed by atoms with Crippen LogP contribution in [-0.2, 0) is 0 Å². The van der Waals surface area contributed by atoms with Crippen molar-refractivity contribution in [3.63, 3.8) is 0 Å². The molecular weight excluding hydrogens is 184 g/mol. The molecule has 1 unspecified atom stereocenters. The fraction of sp³-hybridized carbons (Fsp3) is 0.250. The molecule has 1 rings (SSSR count). The molecule has 0 bridgehead atoms. The van der Waals surface area contributed by atoms with Crippen LogP contribution < -0.4 is 5.73 Å². The van der Waals surface area contributed by atoms with Gasteiger partial charge in [-0.3, -0.25) is 0 Å². The summed E-state index contributed by atoms with van der Waals surface area (Å²) < 4.78 is 25.2. The first kappa shape index (κ1) is 9.42. The lowest BCUT2D eigenvalue weighted by molar-refractivity contribution is 0.506. The van der Waals surface area contributed by atoms with Gasteiger partial charge in [0.1, 0.15) is 0 Å². The summed E-state index contributed by atoms with van der Waals surface area (Å²) in [4.78, 5) is 0. The van der Waals surface area contributed by atoms with Gasteiger partial charge in [-0.15, -0.1) is 0 Å². The number of hydrogen-bond acceptors (Lipinski definition) is 1. The second-order valence-corrected chi connectivity index (χ2v) is 2.98. The lowest BCUT2D eigenvalue weighted by Gasteiger charge is -2.07. The minimum atomic E-state index is -0.954. The van der Waals surface area contributed by atoms with Crippen molar-refractivity contribution in [3.8, 4) is 0 Å². The predicted molar refractivity (Wildman–Crippen MR) is 44.0 cm³/mol. The van der Waals surface area contributed by atoms with Gasteiger partial charge in [0, 0.05) is 11.1 Å². The Morgan fingerprint density at radius 3 is 2.33 bits per heavy atom. The molecule has 0 aromatic heterocycles. The van der Waals surface area contributed by atoms with Crippen LogP contribution in [0.25, 0.3) is 0 Å². The van der Waals surface area contributed by atoms with E-state index in [2.05, 4.69) is 0 Å². The molecule has 1 aromatic rings. The Balaban J connectivity index is 3.23. The highest BCUT2D eigenvalue weighted by molar-refractivity contribution is 6.31. The molecule has 0 spiro atoms. The smallest absolute Gasteiger partial charge is 0.160 e. The third-order valence-electron chi connectivity index (χ3n) is 1.53. The molecule has 2 N–H and O–H groups in total. The minimum Gasteiger partial charge on any atom is -0.324 e. The third-order valence-corrected chi connectivity index (χ3v) is 1.86. The van der Waals surface area contributed by atoms with Crippen LogP contribution in [-0.4, -0.2) is 0 Å². The van der Waals surface area contributed by atoms with Gasteiger partial charge in [-0.05, 0) is 24.6 Å². The molecule has 0 fully saturated rings. The number of rotatable bonds is 1. The van der Waals surface area contributed by atoms with Crippen molar-refractivity contribution in [3.05, 3.63) is 34.4 Å². The zero-order valence-corrected chi connectivity index (χ0v) is 7.20. The van der Waals surface area contributed by atoms with Gasteiger partial charge in [0.05, 0.1) is 0 Å². The van der Waals surface area contributed by atoms with E-state index in [0.717, 1.165) is 12.1 Å². The molecule has 0 aliphatic carbocycles. The summed E-state index contributed by atoms with van der Waals surface area (Å²) in [5, 5.41) is 0.156. The molecule has 0 amide bonds. The number of hydrogen-bond donors (Lipinski definition) is 1. The highest BCUT2D eigenvalue weighted by Crippen LogP contribution is 2.23. The van der Waals surface area contributed by atoms with Gasteiger partial charge in [-0.1, -0.05) is 11.6 Å². The Kier molecular flexibility index (Phi) is 2.65. The molecule has 0 aliphatic rings. The zero-order chi connectivity index (χ0) is 9.30. The molecule has 4 heteroatoms. The molecular formula is C8H8ClF2N. The van der Waals surface area contributed by atoms with E-state index < -0.39 is 17.7 Å². The molecule has 0 radical (unpaired) electrons. The minimum absolute atomic E-state index is 0.156. The molecule has 0 aliphatic heterocycles. The van der Waals surface area contributed by atoms with Gasteiger partial charge in [-0.2, -0.15) is 0 Å². The average molecular weight is 192 g/mol. The highest BCUT2D eigenvalue weighted by Gasteiger charge is 2.10. The number of benzene rings is 1. The molecule has 1 atom stereocenters. The van der Waals surface area contributed by atoms with Gasteiger partial charge in [0.2, 0.25) is 0 Å². The van der Waals surface area contributed by atoms with E-state index >= 15 is 0 Å². The Hall–Kier alpha value is -0.670. The van der Waals surface area contributed by atoms with Crippen molar-refractivity contribution in [2.45, 2.75) is 13.0 Å². The summed E-state index contributed by atoms with van der Waals surface area (Å²) in [6.45, 7) is 1.65. The fourth-order valence-electron chi connectivity index (χ4n) is 0.887. The monoisotopic (exact) mass is 191 g/mol. The van der Waals surface area contributed by atoms with Crippen LogP contribution in [0.15, 0.2) is 12.1 Å². The lowest BCUT2D eigenvalue weighted by Crippen LogP contribution is -2.06. The van der Waals surface area contributed by atoms with Crippen molar-refractivity contribution in [2.24, 2.45) is 5.73 Å². The van der Waals surface area contributed by atoms with E-state index in [1.165, 1.54) is 0 Å². The summed E-state index contributed by atoms with van der Waals surface area (Å²) in [6.07, 6.45) is 0. The first-order valence-electron chi connectivity index (χ1n) is 3.42. The van der Waals surface area contributed by atoms with Crippen LogP contribution in [0.5, 0.6) is 0 Å². The summed E-state index contributed by atoms with van der Waals surface area (Å²) >= 11 is 5.61. The number of nitrogens with two attached hydrogens (primary N) is 1. The van der Waals surface area contributed by atoms with E-state index in [-0.39, 0.29) is 5.02 Å². The maximum absolute atomic E-state index is 12.6. The molecule has 0 saturated carbocycles. The Morgan fingerprint density at radius 1 is 1.33 bits per heavy atom. The van der Waals surface area contributed by atoms with E-state index in [4.69, 9.17) is 17.3 Å². The van der Waals surface area contributed by atoms with Gasteiger partial charge in [0.25, 0.3) is 0 Å². The molecule has 0 saturated heterocycles. The third kappa shape index (κ3) is 1.73. The largest absolute Gasteiger partial charge is 0.324 e. The second-order valence-electron chi connectivity index (χ2n) is 2.58. The predicted octanol–water partition coefficient (Wildman–Crippen LogP) is 2.64. The van der Waals surface area contributed by atoms with Crippen molar-refractivity contribution < 1.29 is 8.78 Å². The van der Waals surface area contributed by atoms with Crippen molar-refractivity contribution >= 4 is 11.6 Å². The first-order valence-corrected chi connectivity index (χ1v) is 3.80. The summed E-state index contributed by atoms with van der Waals surface area (Å²) in [6, 6.07) is 1.55. The zero-order valence-electron chi connectivity index (χ0n) is 6.44. The topological polar surface area (TPSA) is 26.0 Å². The highest BCUT2D eigenvalue weighted by atomic mass is 35.5. The molecule has 12 heavy (non-hydrogen) atoms. The average Bonchev–Trinajstić information content (AvgIpc) is 1.96. The van der Waals surface area contributed by atoms with Gasteiger partial charge >= 0.3 is 0 Å². The van der Waals surface area contributed by atoms with E-state index in [0.29, 0.717) is 5.56 Å². The molecule has 1 nitrogen and oxygen atoms in total. The molecule has 66 valence electrons. The van der Waals surface area contributed by atoms with Crippen molar-refractivity contribution in [1.29, 1.82) is 0 Å². The standard InChI is InChI=1S/C8H8ClF2N/c1-4(12)5-2-7(10)8(11)3-6(5)9/h2-4H,12H2,1H3. The van der Waals surface area contributed by atoms with E-state index in [1.54, 1.807) is 6.92 Å². The summed E-state index contributed by atoms with van der Waals surface area (Å²) in [5.74, 6) is -1.88. The van der Waals surface area contributed by atoms with Crippen molar-refractivity contribution in [1.82, 2.24) is 0 Å². The Morgan fingerprint density at radius 2 is 1.83 bits per heavy atom. The molecule has 0 heterocycles. The van der Waals surface area contributed by atoms with Gasteiger partial charge < -0.3 is 5.73 Å². The van der Waals surface area contributed by atoms with E-state index in [9.17, 15) is 8.78 Å². The first-order chi connectivity index (χ1) is 5.52. The van der Waals surface area contributed by atoms with Gasteiger partial charge in [-0.25, -0.2) is 8.78 Å². The van der Waals surface area contributed by atoms with Crippen LogP contribution in [0.3, 0.4) is 0 Å². The van der Waals surface area contributed by atoms with Crippen molar-refractivity contribution in [2.75, 3.05) is 0 Å². The van der Waals surface area contributed by atoms with E-state index in [1.807, 2.05) is 0 Å². The maximum atomic E-state index is 12.6. The van der Waals surface area contributed by atoms with Crippen LogP contribution in [0, 0.1) is 11.6 Å². The molecule has 1 aromatic carbocycles. The quantitative estimate of drug-likeness (QED) is 0.679. The second kappa shape index (κ2) is 3.37. The SMILES string of the molecule is CC(N)c1cc(F)c(F)cc1Cl. The normalized spacial score (nSPS) is 13.1. The maximum Gasteiger partial charge on any atom is 0.160 e. The van der Waals surface area contributed by atoms with Crippen LogP contribution in [0.2, 0.25) is 5.02 Å². The number of halogens is 3. The lowest BCUT2D eigenvalue weighted by atomic mass is 10.1. The summed E-state index contributed by atoms with van der Waals surface area (Å²) in [5.41, 5.74) is 5.87. The van der Waals surface area contributed by atoms with Crippen LogP contribution in [0.1, 0.15) is 18.5 Å². The van der Waals surface area contributed by atoms with Crippen LogP contribution >= 0.6 is 11.6 Å². The fourth-order valence-corrected chi connectivity index (χ4v) is 1.21. The Bertz CT molecular complexity index is 299. The van der Waals surface area contributed by atoms with Crippen LogP contribution in [0.4, 0.5) is 8.78 Å². The van der Waals surface area contributed by atoms with Gasteiger partial charge in [0.15, 0.2) is 11.6 Å². The summed E-state index contributed by atoms with van der Waals surface area (Å²) in [7, 11) is 0. The Labute approximate surface area is 74.1 Å².